The van der Waals surface area contributed by atoms with Crippen LogP contribution in [0.5, 0.6) is 0 Å². The summed E-state index contributed by atoms with van der Waals surface area (Å²) in [5.41, 5.74) is 0.693. The van der Waals surface area contributed by atoms with Crippen LogP contribution in [0.1, 0.15) is 27.7 Å². The molecule has 1 atom stereocenters. The normalized spacial score (nSPS) is 16.4. The fraction of sp³-hybridized carbons (Fsp3) is 0.276. The van der Waals surface area contributed by atoms with Crippen molar-refractivity contribution in [3.63, 3.8) is 0 Å². The van der Waals surface area contributed by atoms with Crippen LogP contribution in [0, 0.1) is 5.92 Å². The summed E-state index contributed by atoms with van der Waals surface area (Å²) in [5.74, 6) is 0.993. The molecule has 1 aromatic heterocycles. The lowest BCUT2D eigenvalue weighted by Crippen LogP contribution is -2.37. The van der Waals surface area contributed by atoms with Gasteiger partial charge in [-0.2, -0.15) is 0 Å². The molecule has 0 amide bonds. The van der Waals surface area contributed by atoms with Crippen molar-refractivity contribution in [3.05, 3.63) is 72.8 Å². The number of nitrogens with zero attached hydrogens (tertiary/aromatic N) is 1. The molecule has 1 aliphatic rings. The Kier molecular flexibility index (Phi) is 5.36. The highest BCUT2D eigenvalue weighted by Crippen LogP contribution is 2.41. The molecule has 0 fully saturated rings. The van der Waals surface area contributed by atoms with Crippen LogP contribution in [0.4, 0.5) is 0 Å². The zero-order chi connectivity index (χ0) is 24.2. The van der Waals surface area contributed by atoms with Crippen LogP contribution in [0.15, 0.2) is 86.2 Å². The van der Waals surface area contributed by atoms with Gasteiger partial charge in [0.15, 0.2) is 5.60 Å². The van der Waals surface area contributed by atoms with Crippen molar-refractivity contribution in [2.45, 2.75) is 39.3 Å². The molecule has 0 unspecified atom stereocenters. The fourth-order valence-corrected chi connectivity index (χ4v) is 5.86. The monoisotopic (exact) mass is 485 g/mol. The SMILES string of the molecule is CC(C)[C@H]1COC(C(C)(C)Op2oc3ccc4ccccc4c3c3c(ccc4ccccc43)o2)=N1. The Morgan fingerprint density at radius 2 is 1.37 bits per heavy atom. The van der Waals surface area contributed by atoms with Crippen molar-refractivity contribution >= 4 is 57.6 Å². The Balaban J connectivity index is 1.62. The van der Waals surface area contributed by atoms with Crippen molar-refractivity contribution in [1.29, 1.82) is 0 Å². The van der Waals surface area contributed by atoms with Crippen molar-refractivity contribution in [1.82, 2.24) is 0 Å². The van der Waals surface area contributed by atoms with Gasteiger partial charge in [-0.15, -0.1) is 0 Å². The minimum atomic E-state index is -1.78. The molecular weight excluding hydrogens is 457 g/mol. The molecule has 4 aromatic carbocycles. The average Bonchev–Trinajstić information content (AvgIpc) is 3.30. The molecule has 5 aromatic rings. The predicted molar refractivity (Wildman–Crippen MR) is 144 cm³/mol. The van der Waals surface area contributed by atoms with E-state index in [-0.39, 0.29) is 6.04 Å². The standard InChI is InChI=1S/C29H28NO4P/c1-18(2)23-17-31-28(30-23)29(3,4)34-35-32-24-15-13-19-9-5-7-11-21(19)26(24)27-22-12-8-6-10-20(22)14-16-25(27)33-35/h5-16,18,23H,17H2,1-4H3/t23-/m1/s1. The molecule has 5 nitrogen and oxygen atoms in total. The number of hydrogen-bond acceptors (Lipinski definition) is 5. The van der Waals surface area contributed by atoms with Gasteiger partial charge in [0, 0.05) is 10.8 Å². The molecule has 1 aliphatic heterocycles. The van der Waals surface area contributed by atoms with Crippen LogP contribution < -0.4 is 4.52 Å². The summed E-state index contributed by atoms with van der Waals surface area (Å²) >= 11 is 0. The van der Waals surface area contributed by atoms with Gasteiger partial charge in [0.1, 0.15) is 17.8 Å². The van der Waals surface area contributed by atoms with Crippen LogP contribution in [-0.4, -0.2) is 24.1 Å². The summed E-state index contributed by atoms with van der Waals surface area (Å²) < 4.78 is 25.4. The first-order valence-electron chi connectivity index (χ1n) is 12.0. The van der Waals surface area contributed by atoms with Crippen molar-refractivity contribution in [2.24, 2.45) is 10.9 Å². The smallest absolute Gasteiger partial charge is 0.388 e. The maximum Gasteiger partial charge on any atom is 0.388 e. The van der Waals surface area contributed by atoms with Gasteiger partial charge in [0.05, 0.1) is 6.04 Å². The van der Waals surface area contributed by atoms with E-state index >= 15 is 0 Å². The molecule has 2 heterocycles. The maximum absolute atomic E-state index is 6.48. The highest BCUT2D eigenvalue weighted by Gasteiger charge is 2.36. The van der Waals surface area contributed by atoms with Gasteiger partial charge in [-0.25, -0.2) is 4.99 Å². The first kappa shape index (κ1) is 22.2. The lowest BCUT2D eigenvalue weighted by Gasteiger charge is -2.21. The van der Waals surface area contributed by atoms with Gasteiger partial charge in [0.25, 0.3) is 0 Å². The second-order valence-electron chi connectivity index (χ2n) is 9.88. The number of aliphatic imine (C=N–C) groups is 1. The lowest BCUT2D eigenvalue weighted by molar-refractivity contribution is 0.185. The van der Waals surface area contributed by atoms with E-state index in [4.69, 9.17) is 22.6 Å². The molecule has 0 radical (unpaired) electrons. The highest BCUT2D eigenvalue weighted by atomic mass is 31.1. The Labute approximate surface area is 205 Å². The predicted octanol–water partition coefficient (Wildman–Crippen LogP) is 8.26. The molecule has 0 bridgehead atoms. The molecule has 0 saturated carbocycles. The van der Waals surface area contributed by atoms with Gasteiger partial charge in [-0.3, -0.25) is 4.52 Å². The van der Waals surface area contributed by atoms with E-state index in [0.29, 0.717) is 18.4 Å². The van der Waals surface area contributed by atoms with E-state index < -0.39 is 13.8 Å². The number of hydrogen-bond donors (Lipinski definition) is 0. The quantitative estimate of drug-likeness (QED) is 0.257. The van der Waals surface area contributed by atoms with E-state index in [2.05, 4.69) is 74.5 Å². The molecule has 35 heavy (non-hydrogen) atoms. The fourth-order valence-electron chi connectivity index (χ4n) is 4.67. The lowest BCUT2D eigenvalue weighted by atomic mass is 9.99. The van der Waals surface area contributed by atoms with Gasteiger partial charge < -0.3 is 13.1 Å². The summed E-state index contributed by atoms with van der Waals surface area (Å²) in [6, 6.07) is 25.1. The topological polar surface area (TPSA) is 57.1 Å². The minimum absolute atomic E-state index is 0.135. The van der Waals surface area contributed by atoms with Crippen LogP contribution in [0.25, 0.3) is 43.5 Å². The Morgan fingerprint density at radius 1 is 0.829 bits per heavy atom. The van der Waals surface area contributed by atoms with E-state index in [1.807, 2.05) is 26.0 Å². The molecule has 6 rings (SSSR count). The van der Waals surface area contributed by atoms with Crippen molar-refractivity contribution in [2.75, 3.05) is 6.61 Å². The first-order valence-corrected chi connectivity index (χ1v) is 13.1. The van der Waals surface area contributed by atoms with E-state index in [1.54, 1.807) is 0 Å². The van der Waals surface area contributed by atoms with E-state index in [1.165, 1.54) is 0 Å². The molecule has 0 N–H and O–H groups in total. The number of ether oxygens (including phenoxy) is 1. The molecular formula is C29H28NO4P. The van der Waals surface area contributed by atoms with Crippen LogP contribution >= 0.6 is 8.24 Å². The van der Waals surface area contributed by atoms with Crippen molar-refractivity contribution < 1.29 is 17.7 Å². The number of fused-ring (bicyclic) bond motifs is 7. The second-order valence-corrected chi connectivity index (χ2v) is 10.9. The Bertz CT molecular complexity index is 1550. The third-order valence-corrected chi connectivity index (χ3v) is 7.94. The summed E-state index contributed by atoms with van der Waals surface area (Å²) in [5, 5.41) is 6.58. The van der Waals surface area contributed by atoms with Crippen LogP contribution in [-0.2, 0) is 4.74 Å². The summed E-state index contributed by atoms with van der Waals surface area (Å²) in [6.07, 6.45) is 0. The molecule has 178 valence electrons. The molecule has 0 aliphatic carbocycles. The summed E-state index contributed by atoms with van der Waals surface area (Å²) in [6.45, 7) is 8.79. The Hall–Kier alpha value is -3.27. The maximum atomic E-state index is 6.48. The van der Waals surface area contributed by atoms with Crippen LogP contribution in [0.3, 0.4) is 0 Å². The highest BCUT2D eigenvalue weighted by molar-refractivity contribution is 7.32. The Morgan fingerprint density at radius 3 is 1.89 bits per heavy atom. The molecule has 0 saturated heterocycles. The average molecular weight is 486 g/mol. The zero-order valence-corrected chi connectivity index (χ0v) is 21.2. The third-order valence-electron chi connectivity index (χ3n) is 6.64. The van der Waals surface area contributed by atoms with Gasteiger partial charge in [-0.1, -0.05) is 74.5 Å². The summed E-state index contributed by atoms with van der Waals surface area (Å²) in [7, 11) is -1.78. The zero-order valence-electron chi connectivity index (χ0n) is 20.3. The number of benzene rings is 4. The number of rotatable bonds is 4. The first-order chi connectivity index (χ1) is 16.9. The molecule has 0 spiro atoms. The molecule has 6 heteroatoms. The van der Waals surface area contributed by atoms with E-state index in [0.717, 1.165) is 43.5 Å². The largest absolute Gasteiger partial charge is 0.477 e. The van der Waals surface area contributed by atoms with Crippen molar-refractivity contribution in [3.8, 4) is 0 Å². The van der Waals surface area contributed by atoms with Gasteiger partial charge in [0.2, 0.25) is 5.90 Å². The van der Waals surface area contributed by atoms with Gasteiger partial charge >= 0.3 is 8.24 Å². The van der Waals surface area contributed by atoms with E-state index in [9.17, 15) is 0 Å². The van der Waals surface area contributed by atoms with Crippen LogP contribution in [0.2, 0.25) is 0 Å². The third kappa shape index (κ3) is 3.89. The summed E-state index contributed by atoms with van der Waals surface area (Å²) in [4.78, 5) is 4.79. The van der Waals surface area contributed by atoms with Gasteiger partial charge in [-0.05, 0) is 53.4 Å². The minimum Gasteiger partial charge on any atom is -0.477 e. The second kappa shape index (κ2) is 8.44.